The Balaban J connectivity index is 1.75. The Morgan fingerprint density at radius 3 is 2.48 bits per heavy atom. The highest BCUT2D eigenvalue weighted by Crippen LogP contribution is 2.51. The average molecular weight is 452 g/mol. The molecule has 1 aromatic carbocycles. The first-order valence-corrected chi connectivity index (χ1v) is 11.0. The van der Waals surface area contributed by atoms with Gasteiger partial charge in [-0.25, -0.2) is 18.7 Å². The molecule has 0 amide bonds. The molecule has 4 rings (SSSR count). The number of fused-ring (bicyclic) bond motifs is 1. The molecule has 0 unspecified atom stereocenters. The fraction of sp³-hybridized carbons (Fsp3) is 0.440. The van der Waals surface area contributed by atoms with Gasteiger partial charge in [-0.2, -0.15) is 10.2 Å². The highest BCUT2D eigenvalue weighted by molar-refractivity contribution is 5.88. The van der Waals surface area contributed by atoms with Crippen molar-refractivity contribution in [3.8, 4) is 11.9 Å². The molecule has 0 aliphatic heterocycles. The second-order valence-corrected chi connectivity index (χ2v) is 9.00. The number of hydrogen-bond acceptors (Lipinski definition) is 6. The number of hydrogen-bond donors (Lipinski definition) is 1. The number of pyridine rings is 1. The number of halogens is 2. The van der Waals surface area contributed by atoms with E-state index in [4.69, 9.17) is 4.74 Å². The zero-order valence-corrected chi connectivity index (χ0v) is 19.4. The molecule has 1 saturated carbocycles. The molecule has 2 aromatic heterocycles. The van der Waals surface area contributed by atoms with Gasteiger partial charge in [-0.15, -0.1) is 0 Å². The Kier molecular flexibility index (Phi) is 5.69. The van der Waals surface area contributed by atoms with E-state index in [0.29, 0.717) is 28.6 Å². The molecule has 1 aliphatic carbocycles. The van der Waals surface area contributed by atoms with Gasteiger partial charge in [0, 0.05) is 23.1 Å². The summed E-state index contributed by atoms with van der Waals surface area (Å²) in [6.07, 6.45) is 1.49. The molecule has 3 aromatic rings. The van der Waals surface area contributed by atoms with E-state index in [9.17, 15) is 14.0 Å². The van der Waals surface area contributed by atoms with Crippen LogP contribution in [0.5, 0.6) is 5.88 Å². The molecule has 1 N–H and O–H groups in total. The summed E-state index contributed by atoms with van der Waals surface area (Å²) in [5.74, 6) is -2.28. The van der Waals surface area contributed by atoms with Gasteiger partial charge in [0.05, 0.1) is 24.0 Å². The first kappa shape index (κ1) is 22.8. The van der Waals surface area contributed by atoms with E-state index in [0.717, 1.165) is 24.0 Å². The lowest BCUT2D eigenvalue weighted by Gasteiger charge is -2.23. The van der Waals surface area contributed by atoms with Crippen molar-refractivity contribution < 1.29 is 13.5 Å². The lowest BCUT2D eigenvalue weighted by atomic mass is 9.95. The SMILES string of the molecule is COc1nc2nc(C)nc(N[C@H](C)c3cccc(C(F)(F)C(C)C)c3)c2cc1C1(C#N)CC1. The van der Waals surface area contributed by atoms with Crippen LogP contribution < -0.4 is 10.1 Å². The number of nitrogens with zero attached hydrogens (tertiary/aromatic N) is 4. The summed E-state index contributed by atoms with van der Waals surface area (Å²) in [6.45, 7) is 6.68. The van der Waals surface area contributed by atoms with E-state index in [2.05, 4.69) is 26.3 Å². The first-order chi connectivity index (χ1) is 15.6. The number of aryl methyl sites for hydroxylation is 1. The third-order valence-electron chi connectivity index (χ3n) is 6.29. The minimum Gasteiger partial charge on any atom is -0.481 e. The van der Waals surface area contributed by atoms with Crippen molar-refractivity contribution >= 4 is 16.9 Å². The van der Waals surface area contributed by atoms with Crippen LogP contribution in [0, 0.1) is 24.2 Å². The van der Waals surface area contributed by atoms with Gasteiger partial charge in [0.15, 0.2) is 5.65 Å². The maximum Gasteiger partial charge on any atom is 0.275 e. The Hall–Kier alpha value is -3.34. The largest absolute Gasteiger partial charge is 0.481 e. The summed E-state index contributed by atoms with van der Waals surface area (Å²) in [7, 11) is 1.53. The number of rotatable bonds is 7. The number of ether oxygens (including phenoxy) is 1. The molecule has 1 aliphatic rings. The second kappa shape index (κ2) is 8.22. The van der Waals surface area contributed by atoms with Gasteiger partial charge >= 0.3 is 0 Å². The molecule has 1 fully saturated rings. The number of nitrogens with one attached hydrogen (secondary N) is 1. The van der Waals surface area contributed by atoms with Crippen molar-refractivity contribution in [2.45, 2.75) is 57.9 Å². The van der Waals surface area contributed by atoms with Crippen molar-refractivity contribution in [1.29, 1.82) is 5.26 Å². The van der Waals surface area contributed by atoms with Gasteiger partial charge in [-0.05, 0) is 44.4 Å². The predicted molar refractivity (Wildman–Crippen MR) is 122 cm³/mol. The van der Waals surface area contributed by atoms with Gasteiger partial charge in [-0.3, -0.25) is 0 Å². The smallest absolute Gasteiger partial charge is 0.275 e. The Morgan fingerprint density at radius 1 is 1.15 bits per heavy atom. The van der Waals surface area contributed by atoms with Gasteiger partial charge in [-0.1, -0.05) is 32.0 Å². The highest BCUT2D eigenvalue weighted by atomic mass is 19.3. The third kappa shape index (κ3) is 4.08. The van der Waals surface area contributed by atoms with E-state index in [1.165, 1.54) is 33.1 Å². The van der Waals surface area contributed by atoms with Crippen LogP contribution in [0.4, 0.5) is 14.6 Å². The van der Waals surface area contributed by atoms with Crippen LogP contribution >= 0.6 is 0 Å². The fourth-order valence-corrected chi connectivity index (χ4v) is 3.96. The second-order valence-electron chi connectivity index (χ2n) is 9.00. The average Bonchev–Trinajstić information content (AvgIpc) is 3.59. The van der Waals surface area contributed by atoms with Crippen LogP contribution in [0.3, 0.4) is 0 Å². The summed E-state index contributed by atoms with van der Waals surface area (Å²) in [4.78, 5) is 13.5. The number of alkyl halides is 2. The van der Waals surface area contributed by atoms with Crippen LogP contribution in [-0.2, 0) is 11.3 Å². The maximum absolute atomic E-state index is 14.6. The van der Waals surface area contributed by atoms with Crippen molar-refractivity contribution in [2.75, 3.05) is 12.4 Å². The molecule has 6 nitrogen and oxygen atoms in total. The number of aromatic nitrogens is 3. The highest BCUT2D eigenvalue weighted by Gasteiger charge is 2.47. The minimum atomic E-state index is -2.92. The van der Waals surface area contributed by atoms with Crippen molar-refractivity contribution in [3.05, 3.63) is 52.8 Å². The molecule has 0 radical (unpaired) electrons. The van der Waals surface area contributed by atoms with E-state index >= 15 is 0 Å². The molecule has 33 heavy (non-hydrogen) atoms. The monoisotopic (exact) mass is 451 g/mol. The molecule has 1 atom stereocenters. The first-order valence-electron chi connectivity index (χ1n) is 11.0. The zero-order chi connectivity index (χ0) is 24.0. The number of methoxy groups -OCH3 is 1. The van der Waals surface area contributed by atoms with Gasteiger partial charge < -0.3 is 10.1 Å². The third-order valence-corrected chi connectivity index (χ3v) is 6.29. The van der Waals surface area contributed by atoms with Crippen LogP contribution in [0.2, 0.25) is 0 Å². The molecule has 0 bridgehead atoms. The van der Waals surface area contributed by atoms with Crippen LogP contribution in [0.25, 0.3) is 11.0 Å². The minimum absolute atomic E-state index is 0.00855. The van der Waals surface area contributed by atoms with Gasteiger partial charge in [0.25, 0.3) is 5.92 Å². The van der Waals surface area contributed by atoms with E-state index in [1.54, 1.807) is 13.0 Å². The Bertz CT molecular complexity index is 1250. The summed E-state index contributed by atoms with van der Waals surface area (Å²) in [5.41, 5.74) is 1.28. The molecule has 2 heterocycles. The normalized spacial score (nSPS) is 15.8. The number of anilines is 1. The van der Waals surface area contributed by atoms with Crippen LogP contribution in [-0.4, -0.2) is 22.1 Å². The van der Waals surface area contributed by atoms with Crippen molar-refractivity contribution in [1.82, 2.24) is 15.0 Å². The molecular formula is C25H27F2N5O. The molecule has 0 saturated heterocycles. The Morgan fingerprint density at radius 2 is 1.88 bits per heavy atom. The van der Waals surface area contributed by atoms with E-state index < -0.39 is 17.3 Å². The van der Waals surface area contributed by atoms with Gasteiger partial charge in [0.2, 0.25) is 5.88 Å². The summed E-state index contributed by atoms with van der Waals surface area (Å²) in [5, 5.41) is 13.7. The lowest BCUT2D eigenvalue weighted by molar-refractivity contribution is -0.0514. The van der Waals surface area contributed by atoms with Crippen molar-refractivity contribution in [3.63, 3.8) is 0 Å². The van der Waals surface area contributed by atoms with E-state index in [-0.39, 0.29) is 11.6 Å². The van der Waals surface area contributed by atoms with Crippen LogP contribution in [0.1, 0.15) is 62.2 Å². The predicted octanol–water partition coefficient (Wildman–Crippen LogP) is 5.82. The lowest BCUT2D eigenvalue weighted by Crippen LogP contribution is -2.21. The van der Waals surface area contributed by atoms with E-state index in [1.807, 2.05) is 19.1 Å². The molecular weight excluding hydrogens is 424 g/mol. The number of nitriles is 1. The fourth-order valence-electron chi connectivity index (χ4n) is 3.96. The Labute approximate surface area is 192 Å². The molecule has 8 heteroatoms. The molecule has 0 spiro atoms. The topological polar surface area (TPSA) is 83.7 Å². The molecule has 172 valence electrons. The summed E-state index contributed by atoms with van der Waals surface area (Å²) < 4.78 is 34.6. The maximum atomic E-state index is 14.6. The van der Waals surface area contributed by atoms with Crippen LogP contribution in [0.15, 0.2) is 30.3 Å². The summed E-state index contributed by atoms with van der Waals surface area (Å²) >= 11 is 0. The zero-order valence-electron chi connectivity index (χ0n) is 19.4. The summed E-state index contributed by atoms with van der Waals surface area (Å²) in [6, 6.07) is 10.4. The van der Waals surface area contributed by atoms with Crippen molar-refractivity contribution in [2.24, 2.45) is 5.92 Å². The quantitative estimate of drug-likeness (QED) is 0.487. The van der Waals surface area contributed by atoms with Gasteiger partial charge in [0.1, 0.15) is 11.6 Å². The number of benzene rings is 1. The standard InChI is InChI=1S/C25H27F2N5O/c1-14(2)25(26,27)18-8-6-7-17(11-18)15(3)29-21-19-12-20(24(13-28)9-10-24)23(33-5)32-22(19)31-16(4)30-21/h6-8,11-12,14-15H,9-10H2,1-5H3,(H,29,30,31,32)/t15-/m1/s1.